The molecule has 0 N–H and O–H groups in total. The van der Waals surface area contributed by atoms with Crippen molar-refractivity contribution in [2.24, 2.45) is 0 Å². The van der Waals surface area contributed by atoms with Gasteiger partial charge in [-0.3, -0.25) is 0 Å². The molecule has 0 bridgehead atoms. The van der Waals surface area contributed by atoms with Crippen LogP contribution in [0.5, 0.6) is 0 Å². The van der Waals surface area contributed by atoms with Gasteiger partial charge >= 0.3 is 0 Å². The van der Waals surface area contributed by atoms with Gasteiger partial charge in [0.1, 0.15) is 0 Å². The summed E-state index contributed by atoms with van der Waals surface area (Å²) in [5, 5.41) is 4.99. The molecule has 18 rings (SSSR count). The first-order chi connectivity index (χ1) is 41.2. The van der Waals surface area contributed by atoms with E-state index in [1.54, 1.807) is 0 Å². The first-order valence-electron chi connectivity index (χ1n) is 29.1. The molecular weight excluding hydrogens is 999 g/mol. The standard InChI is InChI=1S/C82H51N/c1-3-21-53(22-4-1)79-67-31-7-8-32-68(67)80(54-23-5-2-6-24-54)70-49-55(41-46-69(70)79)52-39-42-56(43-40-52)83(57-44-47-65-63-29-13-19-37-75(63)81(77(65)50-57)71-33-15-9-25-59(71)60-26-10-16-34-72(60)81)58-45-48-66-64-30-14-20-38-76(64)82(78(66)51-58)73-35-17-11-27-61(73)62-28-12-18-36-74(62)82/h1-51H. The topological polar surface area (TPSA) is 3.24 Å². The van der Waals surface area contributed by atoms with Crippen LogP contribution in [-0.4, -0.2) is 0 Å². The van der Waals surface area contributed by atoms with Crippen LogP contribution >= 0.6 is 0 Å². The van der Waals surface area contributed by atoms with Gasteiger partial charge in [-0.15, -0.1) is 0 Å². The van der Waals surface area contributed by atoms with E-state index < -0.39 is 10.8 Å². The SMILES string of the molecule is c1ccc(-c2c3ccccc3c(-c3ccccc3)c3cc(-c4ccc(N(c5ccc6c(c5)C5(c7ccccc7-c7ccccc75)c5ccccc5-6)c5ccc6c(c5)C5(c7ccccc7-c7ccccc75)c5ccccc5-6)cc4)ccc23)cc1. The van der Waals surface area contributed by atoms with Crippen molar-refractivity contribution in [2.75, 3.05) is 4.90 Å². The maximum absolute atomic E-state index is 2.53. The van der Waals surface area contributed by atoms with Crippen LogP contribution in [-0.2, 0) is 10.8 Å². The quantitative estimate of drug-likeness (QED) is 0.150. The van der Waals surface area contributed by atoms with Crippen molar-refractivity contribution in [3.8, 4) is 77.9 Å². The molecule has 2 spiro atoms. The highest BCUT2D eigenvalue weighted by atomic mass is 15.1. The van der Waals surface area contributed by atoms with Crippen LogP contribution in [0.25, 0.3) is 99.4 Å². The number of hydrogen-bond acceptors (Lipinski definition) is 1. The van der Waals surface area contributed by atoms with Crippen LogP contribution in [0, 0.1) is 0 Å². The van der Waals surface area contributed by atoms with Crippen molar-refractivity contribution >= 4 is 38.6 Å². The van der Waals surface area contributed by atoms with E-state index in [1.165, 1.54) is 138 Å². The Morgan fingerprint density at radius 2 is 0.482 bits per heavy atom. The van der Waals surface area contributed by atoms with E-state index in [-0.39, 0.29) is 0 Å². The van der Waals surface area contributed by atoms with Crippen molar-refractivity contribution in [3.63, 3.8) is 0 Å². The summed E-state index contributed by atoms with van der Waals surface area (Å²) >= 11 is 0. The average Bonchev–Trinajstić information content (AvgIpc) is 1.93. The number of benzene rings is 14. The van der Waals surface area contributed by atoms with E-state index in [9.17, 15) is 0 Å². The molecule has 384 valence electrons. The zero-order valence-electron chi connectivity index (χ0n) is 45.4. The van der Waals surface area contributed by atoms with Crippen molar-refractivity contribution in [1.82, 2.24) is 0 Å². The van der Waals surface area contributed by atoms with Gasteiger partial charge in [-0.2, -0.15) is 0 Å². The normalized spacial score (nSPS) is 13.7. The Kier molecular flexibility index (Phi) is 9.71. The summed E-state index contributed by atoms with van der Waals surface area (Å²) in [6.45, 7) is 0. The van der Waals surface area contributed by atoms with Crippen molar-refractivity contribution in [2.45, 2.75) is 10.8 Å². The smallest absolute Gasteiger partial charge is 0.0726 e. The lowest BCUT2D eigenvalue weighted by Gasteiger charge is -2.33. The van der Waals surface area contributed by atoms with Gasteiger partial charge in [-0.25, -0.2) is 0 Å². The van der Waals surface area contributed by atoms with Crippen molar-refractivity contribution in [3.05, 3.63) is 354 Å². The molecule has 0 fully saturated rings. The fraction of sp³-hybridized carbons (Fsp3) is 0.0244. The monoisotopic (exact) mass is 1050 g/mol. The lowest BCUT2D eigenvalue weighted by atomic mass is 9.70. The van der Waals surface area contributed by atoms with Crippen molar-refractivity contribution in [1.29, 1.82) is 0 Å². The van der Waals surface area contributed by atoms with Gasteiger partial charge in [0.2, 0.25) is 0 Å². The molecular formula is C82H51N. The second-order valence-electron chi connectivity index (χ2n) is 22.9. The summed E-state index contributed by atoms with van der Waals surface area (Å²) in [6, 6.07) is 117. The Bertz CT molecular complexity index is 4710. The largest absolute Gasteiger partial charge is 0.310 e. The summed E-state index contributed by atoms with van der Waals surface area (Å²) in [4.78, 5) is 2.53. The van der Waals surface area contributed by atoms with Crippen LogP contribution in [0.1, 0.15) is 44.5 Å². The summed E-state index contributed by atoms with van der Waals surface area (Å²) in [6.07, 6.45) is 0. The molecule has 0 unspecified atom stereocenters. The number of hydrogen-bond donors (Lipinski definition) is 0. The molecule has 1 heteroatoms. The molecule has 0 aromatic heterocycles. The fourth-order valence-electron chi connectivity index (χ4n) is 15.9. The third-order valence-corrected chi connectivity index (χ3v) is 19.1. The molecule has 0 heterocycles. The number of anilines is 3. The molecule has 0 aliphatic heterocycles. The van der Waals surface area contributed by atoms with E-state index in [0.29, 0.717) is 0 Å². The Morgan fingerprint density at radius 1 is 0.181 bits per heavy atom. The van der Waals surface area contributed by atoms with Gasteiger partial charge in [0.05, 0.1) is 10.8 Å². The minimum atomic E-state index is -0.494. The predicted molar refractivity (Wildman–Crippen MR) is 345 cm³/mol. The predicted octanol–water partition coefficient (Wildman–Crippen LogP) is 21.2. The second kappa shape index (κ2) is 17.5. The zero-order valence-corrected chi connectivity index (χ0v) is 45.4. The fourth-order valence-corrected chi connectivity index (χ4v) is 15.9. The molecule has 4 aliphatic rings. The zero-order chi connectivity index (χ0) is 54.4. The van der Waals surface area contributed by atoms with E-state index in [1.807, 2.05) is 0 Å². The number of rotatable bonds is 6. The molecule has 83 heavy (non-hydrogen) atoms. The van der Waals surface area contributed by atoms with Gasteiger partial charge in [0.25, 0.3) is 0 Å². The second-order valence-corrected chi connectivity index (χ2v) is 22.9. The van der Waals surface area contributed by atoms with Gasteiger partial charge in [-0.1, -0.05) is 267 Å². The van der Waals surface area contributed by atoms with Gasteiger partial charge in [-0.05, 0) is 186 Å². The molecule has 4 aliphatic carbocycles. The highest BCUT2D eigenvalue weighted by molar-refractivity contribution is 6.22. The van der Waals surface area contributed by atoms with Crippen LogP contribution in [0.3, 0.4) is 0 Å². The molecule has 1 nitrogen and oxygen atoms in total. The van der Waals surface area contributed by atoms with Gasteiger partial charge < -0.3 is 4.90 Å². The minimum absolute atomic E-state index is 0.494. The molecule has 0 atom stereocenters. The third kappa shape index (κ3) is 6.21. The first kappa shape index (κ1) is 46.2. The van der Waals surface area contributed by atoms with Crippen LogP contribution in [0.4, 0.5) is 17.1 Å². The molecule has 0 radical (unpaired) electrons. The summed E-state index contributed by atoms with van der Waals surface area (Å²) in [7, 11) is 0. The molecule has 14 aromatic carbocycles. The van der Waals surface area contributed by atoms with Gasteiger partial charge in [0, 0.05) is 17.1 Å². The third-order valence-electron chi connectivity index (χ3n) is 19.1. The average molecular weight is 1050 g/mol. The van der Waals surface area contributed by atoms with Crippen LogP contribution < -0.4 is 4.90 Å². The molecule has 0 saturated heterocycles. The minimum Gasteiger partial charge on any atom is -0.310 e. The van der Waals surface area contributed by atoms with Gasteiger partial charge in [0.15, 0.2) is 0 Å². The van der Waals surface area contributed by atoms with E-state index in [0.717, 1.165) is 22.6 Å². The van der Waals surface area contributed by atoms with Crippen LogP contribution in [0.15, 0.2) is 309 Å². The highest BCUT2D eigenvalue weighted by Gasteiger charge is 2.53. The Balaban J connectivity index is 0.863. The van der Waals surface area contributed by atoms with Crippen LogP contribution in [0.2, 0.25) is 0 Å². The molecule has 0 amide bonds. The Labute approximate surface area is 483 Å². The Hall–Kier alpha value is -10.6. The maximum Gasteiger partial charge on any atom is 0.0726 e. The maximum atomic E-state index is 2.53. The first-order valence-corrected chi connectivity index (χ1v) is 29.1. The van der Waals surface area contributed by atoms with E-state index >= 15 is 0 Å². The van der Waals surface area contributed by atoms with E-state index in [4.69, 9.17) is 0 Å². The number of nitrogens with zero attached hydrogens (tertiary/aromatic N) is 1. The summed E-state index contributed by atoms with van der Waals surface area (Å²) < 4.78 is 0. The summed E-state index contributed by atoms with van der Waals surface area (Å²) in [5.74, 6) is 0. The molecule has 0 saturated carbocycles. The van der Waals surface area contributed by atoms with Crippen molar-refractivity contribution < 1.29 is 0 Å². The molecule has 14 aromatic rings. The summed E-state index contributed by atoms with van der Waals surface area (Å²) in [5.41, 5.74) is 30.6. The number of fused-ring (bicyclic) bond motifs is 22. The lowest BCUT2D eigenvalue weighted by molar-refractivity contribution is 0.792. The van der Waals surface area contributed by atoms with E-state index in [2.05, 4.69) is 314 Å². The Morgan fingerprint density at radius 3 is 0.880 bits per heavy atom. The lowest BCUT2D eigenvalue weighted by Crippen LogP contribution is -2.26. The highest BCUT2D eigenvalue weighted by Crippen LogP contribution is 2.65.